The summed E-state index contributed by atoms with van der Waals surface area (Å²) in [6.45, 7) is 1.88. The summed E-state index contributed by atoms with van der Waals surface area (Å²) in [6.07, 6.45) is 1.59. The minimum absolute atomic E-state index is 0.180. The van der Waals surface area contributed by atoms with E-state index in [9.17, 15) is 4.79 Å². The van der Waals surface area contributed by atoms with Crippen molar-refractivity contribution in [1.29, 1.82) is 0 Å². The van der Waals surface area contributed by atoms with Crippen molar-refractivity contribution in [1.82, 2.24) is 9.55 Å². The summed E-state index contributed by atoms with van der Waals surface area (Å²) >= 11 is 11.9. The number of halogens is 2. The maximum atomic E-state index is 12.7. The molecule has 0 saturated heterocycles. The molecule has 0 aliphatic heterocycles. The highest BCUT2D eigenvalue weighted by molar-refractivity contribution is 6.34. The highest BCUT2D eigenvalue weighted by Crippen LogP contribution is 2.21. The molecule has 0 fully saturated rings. The van der Waals surface area contributed by atoms with E-state index in [1.807, 2.05) is 13.0 Å². The molecule has 100 valence electrons. The Morgan fingerprint density at radius 1 is 1.10 bits per heavy atom. The second-order valence-corrected chi connectivity index (χ2v) is 5.26. The van der Waals surface area contributed by atoms with E-state index in [1.54, 1.807) is 41.1 Å². The molecule has 0 atom stereocenters. The third kappa shape index (κ3) is 2.09. The van der Waals surface area contributed by atoms with Gasteiger partial charge in [0.15, 0.2) is 0 Å². The fourth-order valence-electron chi connectivity index (χ4n) is 2.25. The third-order valence-electron chi connectivity index (χ3n) is 3.16. The lowest BCUT2D eigenvalue weighted by atomic mass is 10.2. The second kappa shape index (κ2) is 4.93. The molecule has 0 aliphatic rings. The molecule has 20 heavy (non-hydrogen) atoms. The highest BCUT2D eigenvalue weighted by atomic mass is 35.5. The van der Waals surface area contributed by atoms with Crippen molar-refractivity contribution in [3.05, 3.63) is 68.8 Å². The molecule has 0 bridgehead atoms. The van der Waals surface area contributed by atoms with Gasteiger partial charge in [0.25, 0.3) is 5.56 Å². The van der Waals surface area contributed by atoms with Crippen LogP contribution in [0.4, 0.5) is 0 Å². The van der Waals surface area contributed by atoms with E-state index in [4.69, 9.17) is 23.2 Å². The monoisotopic (exact) mass is 304 g/mol. The standard InChI is InChI=1S/C15H10Cl2N2O/c1-9-8-10-6-7-18-14(17)13(10)15(20)19(9)12-4-2-11(16)3-5-12/h2-8H,1H3. The molecule has 2 aromatic heterocycles. The zero-order valence-electron chi connectivity index (χ0n) is 10.6. The molecular formula is C15H10Cl2N2O. The molecule has 2 heterocycles. The molecule has 0 spiro atoms. The lowest BCUT2D eigenvalue weighted by Gasteiger charge is -2.12. The molecule has 0 unspecified atom stereocenters. The molecule has 0 aliphatic carbocycles. The molecular weight excluding hydrogens is 295 g/mol. The number of hydrogen-bond donors (Lipinski definition) is 0. The van der Waals surface area contributed by atoms with Gasteiger partial charge in [-0.15, -0.1) is 0 Å². The van der Waals surface area contributed by atoms with Crippen molar-refractivity contribution in [3.8, 4) is 5.69 Å². The summed E-state index contributed by atoms with van der Waals surface area (Å²) in [5, 5.41) is 2.06. The Morgan fingerprint density at radius 3 is 2.50 bits per heavy atom. The Balaban J connectivity index is 2.39. The first-order valence-electron chi connectivity index (χ1n) is 6.01. The Labute approximate surface area is 125 Å². The van der Waals surface area contributed by atoms with Crippen LogP contribution in [0.25, 0.3) is 16.5 Å². The Morgan fingerprint density at radius 2 is 1.80 bits per heavy atom. The number of nitrogens with zero attached hydrogens (tertiary/aromatic N) is 2. The third-order valence-corrected chi connectivity index (χ3v) is 3.69. The van der Waals surface area contributed by atoms with Crippen LogP contribution >= 0.6 is 23.2 Å². The fourth-order valence-corrected chi connectivity index (χ4v) is 2.63. The van der Waals surface area contributed by atoms with E-state index in [0.717, 1.165) is 16.8 Å². The van der Waals surface area contributed by atoms with Gasteiger partial charge in [-0.1, -0.05) is 23.2 Å². The van der Waals surface area contributed by atoms with Gasteiger partial charge in [0, 0.05) is 22.6 Å². The van der Waals surface area contributed by atoms with Gasteiger partial charge in [-0.05, 0) is 48.7 Å². The van der Waals surface area contributed by atoms with Gasteiger partial charge in [-0.2, -0.15) is 0 Å². The van der Waals surface area contributed by atoms with Crippen LogP contribution in [0.15, 0.2) is 47.4 Å². The number of benzene rings is 1. The number of hydrogen-bond acceptors (Lipinski definition) is 2. The van der Waals surface area contributed by atoms with Crippen LogP contribution in [0.5, 0.6) is 0 Å². The molecule has 0 amide bonds. The Hall–Kier alpha value is -1.84. The first kappa shape index (κ1) is 13.2. The van der Waals surface area contributed by atoms with Crippen molar-refractivity contribution >= 4 is 34.0 Å². The first-order valence-corrected chi connectivity index (χ1v) is 6.76. The summed E-state index contributed by atoms with van der Waals surface area (Å²) < 4.78 is 1.60. The number of fused-ring (bicyclic) bond motifs is 1. The predicted molar refractivity (Wildman–Crippen MR) is 82.1 cm³/mol. The summed E-state index contributed by atoms with van der Waals surface area (Å²) in [6, 6.07) is 10.8. The van der Waals surface area contributed by atoms with E-state index >= 15 is 0 Å². The van der Waals surface area contributed by atoms with E-state index in [-0.39, 0.29) is 10.7 Å². The van der Waals surface area contributed by atoms with Crippen molar-refractivity contribution in [2.75, 3.05) is 0 Å². The molecule has 1 aromatic carbocycles. The van der Waals surface area contributed by atoms with Gasteiger partial charge in [-0.25, -0.2) is 4.98 Å². The van der Waals surface area contributed by atoms with Crippen LogP contribution < -0.4 is 5.56 Å². The summed E-state index contributed by atoms with van der Waals surface area (Å²) in [5.41, 5.74) is 1.39. The van der Waals surface area contributed by atoms with Crippen molar-refractivity contribution in [3.63, 3.8) is 0 Å². The topological polar surface area (TPSA) is 34.9 Å². The maximum Gasteiger partial charge on any atom is 0.266 e. The van der Waals surface area contributed by atoms with Crippen LogP contribution in [-0.4, -0.2) is 9.55 Å². The van der Waals surface area contributed by atoms with Crippen LogP contribution in [0, 0.1) is 6.92 Å². The average molecular weight is 305 g/mol. The SMILES string of the molecule is Cc1cc2ccnc(Cl)c2c(=O)n1-c1ccc(Cl)cc1. The van der Waals surface area contributed by atoms with Crippen LogP contribution in [-0.2, 0) is 0 Å². The normalized spacial score (nSPS) is 10.9. The van der Waals surface area contributed by atoms with E-state index < -0.39 is 0 Å². The minimum atomic E-state index is -0.180. The lowest BCUT2D eigenvalue weighted by molar-refractivity contribution is 0.949. The summed E-state index contributed by atoms with van der Waals surface area (Å²) in [5.74, 6) is 0. The first-order chi connectivity index (χ1) is 9.58. The van der Waals surface area contributed by atoms with Gasteiger partial charge >= 0.3 is 0 Å². The van der Waals surface area contributed by atoms with Gasteiger partial charge < -0.3 is 0 Å². The predicted octanol–water partition coefficient (Wildman–Crippen LogP) is 4.00. The van der Waals surface area contributed by atoms with Crippen LogP contribution in [0.2, 0.25) is 10.2 Å². The minimum Gasteiger partial charge on any atom is -0.281 e. The van der Waals surface area contributed by atoms with Crippen molar-refractivity contribution in [2.24, 2.45) is 0 Å². The number of rotatable bonds is 1. The zero-order valence-corrected chi connectivity index (χ0v) is 12.1. The molecule has 3 nitrogen and oxygen atoms in total. The van der Waals surface area contributed by atoms with Gasteiger partial charge in [0.2, 0.25) is 0 Å². The van der Waals surface area contributed by atoms with Crippen LogP contribution in [0.3, 0.4) is 0 Å². The van der Waals surface area contributed by atoms with Gasteiger partial charge in [0.05, 0.1) is 5.39 Å². The van der Waals surface area contributed by atoms with Gasteiger partial charge in [0.1, 0.15) is 5.15 Å². The van der Waals surface area contributed by atoms with Crippen molar-refractivity contribution in [2.45, 2.75) is 6.92 Å². The van der Waals surface area contributed by atoms with E-state index in [1.165, 1.54) is 0 Å². The Bertz CT molecular complexity index is 854. The highest BCUT2D eigenvalue weighted by Gasteiger charge is 2.11. The van der Waals surface area contributed by atoms with E-state index in [0.29, 0.717) is 10.4 Å². The van der Waals surface area contributed by atoms with Gasteiger partial charge in [-0.3, -0.25) is 9.36 Å². The van der Waals surface area contributed by atoms with E-state index in [2.05, 4.69) is 4.98 Å². The summed E-state index contributed by atoms with van der Waals surface area (Å²) in [7, 11) is 0. The molecule has 0 N–H and O–H groups in total. The quantitative estimate of drug-likeness (QED) is 0.637. The summed E-state index contributed by atoms with van der Waals surface area (Å²) in [4.78, 5) is 16.6. The smallest absolute Gasteiger partial charge is 0.266 e. The van der Waals surface area contributed by atoms with Crippen LogP contribution in [0.1, 0.15) is 5.69 Å². The lowest BCUT2D eigenvalue weighted by Crippen LogP contribution is -2.21. The number of pyridine rings is 2. The van der Waals surface area contributed by atoms with Crippen molar-refractivity contribution < 1.29 is 0 Å². The number of aryl methyl sites for hydroxylation is 1. The fraction of sp³-hybridized carbons (Fsp3) is 0.0667. The molecule has 3 rings (SSSR count). The average Bonchev–Trinajstić information content (AvgIpc) is 2.40. The zero-order chi connectivity index (χ0) is 14.3. The Kier molecular flexibility index (Phi) is 3.24. The number of aromatic nitrogens is 2. The molecule has 3 aromatic rings. The molecule has 0 saturated carbocycles. The molecule has 5 heteroatoms. The molecule has 0 radical (unpaired) electrons. The maximum absolute atomic E-state index is 12.7. The second-order valence-electron chi connectivity index (χ2n) is 4.47. The largest absolute Gasteiger partial charge is 0.281 e.